The Bertz CT molecular complexity index is 1150. The molecule has 7 N–H and O–H groups in total. The van der Waals surface area contributed by atoms with Crippen molar-refractivity contribution in [2.45, 2.75) is 64.5 Å². The topological polar surface area (TPSA) is 152 Å². The molecule has 9 heteroatoms. The zero-order chi connectivity index (χ0) is 29.3. The molecule has 1 heterocycles. The molecule has 0 saturated heterocycles. The number of nitrogens with two attached hydrogens (primary N) is 2. The fourth-order valence-corrected chi connectivity index (χ4v) is 4.33. The number of aldehydes is 1. The number of para-hydroxylation sites is 1. The Kier molecular flexibility index (Phi) is 14.3. The predicted octanol–water partition coefficient (Wildman–Crippen LogP) is 5.41. The van der Waals surface area contributed by atoms with Crippen molar-refractivity contribution in [2.24, 2.45) is 11.7 Å². The number of nitrogen functional groups attached to an aromatic ring is 1. The SMILES string of the molecule is CC(C)CCC=O.CN.CNC1CCC(Nc2ncnc(N)c2C(=N)c2ccc(Oc3ccccc3)cc2)CC1. The van der Waals surface area contributed by atoms with Crippen LogP contribution >= 0.6 is 0 Å². The zero-order valence-electron chi connectivity index (χ0n) is 24.2. The second-order valence-electron chi connectivity index (χ2n) is 9.92. The molecule has 0 spiro atoms. The summed E-state index contributed by atoms with van der Waals surface area (Å²) in [6, 6.07) is 17.9. The number of rotatable bonds is 10. The summed E-state index contributed by atoms with van der Waals surface area (Å²) in [4.78, 5) is 18.2. The Labute approximate surface area is 238 Å². The van der Waals surface area contributed by atoms with E-state index in [0.717, 1.165) is 56.1 Å². The monoisotopic (exact) mass is 547 g/mol. The first-order chi connectivity index (χ1) is 19.4. The minimum absolute atomic E-state index is 0.288. The molecule has 0 radical (unpaired) electrons. The van der Waals surface area contributed by atoms with Gasteiger partial charge in [0, 0.05) is 24.1 Å². The zero-order valence-corrected chi connectivity index (χ0v) is 24.2. The van der Waals surface area contributed by atoms with Crippen molar-refractivity contribution in [3.05, 3.63) is 72.1 Å². The molecule has 0 atom stereocenters. The highest BCUT2D eigenvalue weighted by Gasteiger charge is 2.23. The van der Waals surface area contributed by atoms with Gasteiger partial charge in [0.2, 0.25) is 0 Å². The summed E-state index contributed by atoms with van der Waals surface area (Å²) in [5, 5.41) is 15.6. The first-order valence-electron chi connectivity index (χ1n) is 13.9. The average Bonchev–Trinajstić information content (AvgIpc) is 2.98. The summed E-state index contributed by atoms with van der Waals surface area (Å²) < 4.78 is 5.85. The number of carbonyl (C=O) groups is 1. The predicted molar refractivity (Wildman–Crippen MR) is 164 cm³/mol. The normalized spacial score (nSPS) is 16.1. The lowest BCUT2D eigenvalue weighted by molar-refractivity contribution is -0.108. The number of ether oxygens (including phenoxy) is 1. The van der Waals surface area contributed by atoms with Crippen molar-refractivity contribution in [3.63, 3.8) is 0 Å². The minimum Gasteiger partial charge on any atom is -0.457 e. The van der Waals surface area contributed by atoms with Gasteiger partial charge in [-0.3, -0.25) is 5.41 Å². The maximum atomic E-state index is 9.71. The van der Waals surface area contributed by atoms with Crippen molar-refractivity contribution in [3.8, 4) is 11.5 Å². The van der Waals surface area contributed by atoms with Crippen LogP contribution in [0, 0.1) is 11.3 Å². The Balaban J connectivity index is 0.000000545. The molecule has 1 aliphatic carbocycles. The highest BCUT2D eigenvalue weighted by molar-refractivity contribution is 6.16. The highest BCUT2D eigenvalue weighted by atomic mass is 16.5. The van der Waals surface area contributed by atoms with Crippen molar-refractivity contribution >= 4 is 23.6 Å². The van der Waals surface area contributed by atoms with E-state index in [-0.39, 0.29) is 5.71 Å². The smallest absolute Gasteiger partial charge is 0.141 e. The van der Waals surface area contributed by atoms with Crippen LogP contribution in [0.5, 0.6) is 11.5 Å². The van der Waals surface area contributed by atoms with Gasteiger partial charge in [0.05, 0.1) is 11.3 Å². The van der Waals surface area contributed by atoms with Crippen LogP contribution in [0.3, 0.4) is 0 Å². The van der Waals surface area contributed by atoms with E-state index in [4.69, 9.17) is 15.9 Å². The molecule has 1 saturated carbocycles. The summed E-state index contributed by atoms with van der Waals surface area (Å²) >= 11 is 0. The maximum Gasteiger partial charge on any atom is 0.141 e. The molecule has 2 aromatic carbocycles. The quantitative estimate of drug-likeness (QED) is 0.167. The molecule has 0 amide bonds. The molecule has 1 aromatic heterocycles. The third-order valence-corrected chi connectivity index (χ3v) is 6.59. The highest BCUT2D eigenvalue weighted by Crippen LogP contribution is 2.28. The lowest BCUT2D eigenvalue weighted by Crippen LogP contribution is -2.35. The van der Waals surface area contributed by atoms with Crippen LogP contribution in [-0.2, 0) is 4.79 Å². The molecule has 0 unspecified atom stereocenters. The standard InChI is InChI=1S/C24H28N6O.C6H12O.CH5N/c1-27-17-9-11-18(12-10-17)30-24-21(23(26)28-15-29-24)22(25)16-7-13-20(14-8-16)31-19-5-3-2-4-6-19;1-6(2)4-3-5-7;1-2/h2-8,13-15,17-18,25,27H,9-12H2,1H3,(H3,26,28,29,30);5-6H,3-4H2,1-2H3;2H2,1H3. The molecule has 4 rings (SSSR count). The Morgan fingerprint density at radius 1 is 1.00 bits per heavy atom. The maximum absolute atomic E-state index is 9.71. The summed E-state index contributed by atoms with van der Waals surface area (Å²) in [6.45, 7) is 4.23. The molecule has 1 fully saturated rings. The van der Waals surface area contributed by atoms with Gasteiger partial charge in [-0.15, -0.1) is 0 Å². The van der Waals surface area contributed by atoms with E-state index in [1.54, 1.807) is 0 Å². The molecular weight excluding hydrogens is 502 g/mol. The Hall–Kier alpha value is -3.82. The van der Waals surface area contributed by atoms with Gasteiger partial charge in [0.15, 0.2) is 0 Å². The number of carbonyl (C=O) groups excluding carboxylic acids is 1. The van der Waals surface area contributed by atoms with Gasteiger partial charge in [0.1, 0.15) is 35.7 Å². The fraction of sp³-hybridized carbons (Fsp3) is 0.419. The van der Waals surface area contributed by atoms with Gasteiger partial charge >= 0.3 is 0 Å². The van der Waals surface area contributed by atoms with Gasteiger partial charge < -0.3 is 31.6 Å². The van der Waals surface area contributed by atoms with Gasteiger partial charge in [-0.2, -0.15) is 0 Å². The average molecular weight is 548 g/mol. The van der Waals surface area contributed by atoms with Crippen molar-refractivity contribution < 1.29 is 9.53 Å². The number of hydrogen-bond donors (Lipinski definition) is 5. The van der Waals surface area contributed by atoms with Gasteiger partial charge in [-0.25, -0.2) is 9.97 Å². The fourth-order valence-electron chi connectivity index (χ4n) is 4.33. The van der Waals surface area contributed by atoms with Crippen LogP contribution in [0.1, 0.15) is 63.5 Å². The molecule has 3 aromatic rings. The van der Waals surface area contributed by atoms with E-state index < -0.39 is 0 Å². The first kappa shape index (κ1) is 32.4. The van der Waals surface area contributed by atoms with E-state index in [1.807, 2.05) is 61.6 Å². The van der Waals surface area contributed by atoms with Crippen molar-refractivity contribution in [2.75, 3.05) is 25.1 Å². The first-order valence-corrected chi connectivity index (χ1v) is 13.9. The summed E-state index contributed by atoms with van der Waals surface area (Å²) in [6.07, 6.45) is 8.50. The minimum atomic E-state index is 0.288. The molecule has 9 nitrogen and oxygen atoms in total. The number of nitrogens with one attached hydrogen (secondary N) is 3. The van der Waals surface area contributed by atoms with Gasteiger partial charge in [-0.05, 0) is 88.5 Å². The Morgan fingerprint density at radius 3 is 2.15 bits per heavy atom. The van der Waals surface area contributed by atoms with E-state index in [0.29, 0.717) is 41.0 Å². The van der Waals surface area contributed by atoms with Gasteiger partial charge in [-0.1, -0.05) is 32.0 Å². The lowest BCUT2D eigenvalue weighted by Gasteiger charge is -2.29. The Morgan fingerprint density at radius 2 is 1.60 bits per heavy atom. The lowest BCUT2D eigenvalue weighted by atomic mass is 9.91. The summed E-state index contributed by atoms with van der Waals surface area (Å²) in [5.41, 5.74) is 12.2. The molecule has 1 aliphatic rings. The number of nitrogens with zero attached hydrogens (tertiary/aromatic N) is 2. The molecule has 216 valence electrons. The van der Waals surface area contributed by atoms with Crippen LogP contribution < -0.4 is 26.8 Å². The van der Waals surface area contributed by atoms with Gasteiger partial charge in [0.25, 0.3) is 0 Å². The van der Waals surface area contributed by atoms with Crippen LogP contribution in [0.15, 0.2) is 60.9 Å². The third-order valence-electron chi connectivity index (χ3n) is 6.59. The van der Waals surface area contributed by atoms with Crippen LogP contribution in [0.4, 0.5) is 11.6 Å². The van der Waals surface area contributed by atoms with Crippen LogP contribution in [0.25, 0.3) is 0 Å². The van der Waals surface area contributed by atoms with Crippen LogP contribution in [0.2, 0.25) is 0 Å². The van der Waals surface area contributed by atoms with E-state index in [9.17, 15) is 4.79 Å². The second-order valence-corrected chi connectivity index (χ2v) is 9.92. The number of anilines is 2. The molecule has 40 heavy (non-hydrogen) atoms. The molecular formula is C31H45N7O2. The number of hydrogen-bond acceptors (Lipinski definition) is 9. The summed E-state index contributed by atoms with van der Waals surface area (Å²) in [5.74, 6) is 3.07. The number of aromatic nitrogens is 2. The summed E-state index contributed by atoms with van der Waals surface area (Å²) in [7, 11) is 3.51. The second kappa shape index (κ2) is 17.7. The van der Waals surface area contributed by atoms with Crippen molar-refractivity contribution in [1.29, 1.82) is 5.41 Å². The van der Waals surface area contributed by atoms with Crippen molar-refractivity contribution in [1.82, 2.24) is 15.3 Å². The molecule has 0 aliphatic heterocycles. The van der Waals surface area contributed by atoms with E-state index in [2.05, 4.69) is 40.2 Å². The number of benzene rings is 2. The van der Waals surface area contributed by atoms with Crippen LogP contribution in [-0.4, -0.2) is 48.1 Å². The largest absolute Gasteiger partial charge is 0.457 e. The molecule has 0 bridgehead atoms. The van der Waals surface area contributed by atoms with E-state index in [1.165, 1.54) is 13.4 Å². The van der Waals surface area contributed by atoms with E-state index >= 15 is 0 Å². The third kappa shape index (κ3) is 10.4.